The summed E-state index contributed by atoms with van der Waals surface area (Å²) < 4.78 is 5.24. The Hall–Kier alpha value is -1.11. The Bertz CT molecular complexity index is 418. The molecule has 0 aliphatic carbocycles. The first-order valence-electron chi connectivity index (χ1n) is 5.64. The minimum Gasteiger partial charge on any atom is -0.497 e. The fraction of sp³-hybridized carbons (Fsp3) is 0.429. The molecule has 0 saturated carbocycles. The Morgan fingerprint density at radius 3 is 2.76 bits per heavy atom. The Morgan fingerprint density at radius 1 is 1.41 bits per heavy atom. The zero-order valence-corrected chi connectivity index (χ0v) is 11.4. The second kappa shape index (κ2) is 7.26. The fourth-order valence-electron chi connectivity index (χ4n) is 1.34. The van der Waals surface area contributed by atoms with Crippen LogP contribution in [0.3, 0.4) is 0 Å². The van der Waals surface area contributed by atoms with Crippen LogP contribution in [-0.4, -0.2) is 18.9 Å². The molecule has 0 fully saturated rings. The van der Waals surface area contributed by atoms with E-state index in [1.54, 1.807) is 7.11 Å². The minimum atomic E-state index is 0.392. The number of nitrogens with two attached hydrogens (primary N) is 1. The maximum atomic E-state index is 5.40. The van der Waals surface area contributed by atoms with Gasteiger partial charge in [0.2, 0.25) is 0 Å². The summed E-state index contributed by atoms with van der Waals surface area (Å²) in [4.78, 5) is 0. The Labute approximate surface area is 108 Å². The number of thioether (sulfide) groups is 1. The number of methoxy groups -OCH3 is 1. The van der Waals surface area contributed by atoms with Crippen molar-refractivity contribution in [3.8, 4) is 17.6 Å². The quantitative estimate of drug-likeness (QED) is 0.833. The van der Waals surface area contributed by atoms with Crippen LogP contribution in [0.4, 0.5) is 0 Å². The van der Waals surface area contributed by atoms with E-state index in [0.717, 1.165) is 17.1 Å². The molecule has 1 aromatic carbocycles. The summed E-state index contributed by atoms with van der Waals surface area (Å²) in [6.45, 7) is 4.77. The van der Waals surface area contributed by atoms with E-state index in [0.29, 0.717) is 11.8 Å². The zero-order valence-electron chi connectivity index (χ0n) is 10.6. The first-order valence-corrected chi connectivity index (χ1v) is 6.69. The van der Waals surface area contributed by atoms with Crippen LogP contribution in [0.5, 0.6) is 5.75 Å². The lowest BCUT2D eigenvalue weighted by Gasteiger charge is -2.09. The van der Waals surface area contributed by atoms with Crippen molar-refractivity contribution in [1.82, 2.24) is 0 Å². The molecule has 2 N–H and O–H groups in total. The van der Waals surface area contributed by atoms with Crippen LogP contribution in [0, 0.1) is 11.8 Å². The Morgan fingerprint density at radius 2 is 2.18 bits per heavy atom. The molecule has 0 aromatic heterocycles. The molecule has 0 unspecified atom stereocenters. The molecular formula is C14H19NOS. The highest BCUT2D eigenvalue weighted by molar-refractivity contribution is 7.99. The SMILES string of the molecule is COc1ccc(C#CCN)c(CSC(C)C)c1. The summed E-state index contributed by atoms with van der Waals surface area (Å²) in [7, 11) is 1.68. The average molecular weight is 249 g/mol. The lowest BCUT2D eigenvalue weighted by atomic mass is 10.1. The zero-order chi connectivity index (χ0) is 12.7. The van der Waals surface area contributed by atoms with Crippen molar-refractivity contribution in [3.05, 3.63) is 29.3 Å². The van der Waals surface area contributed by atoms with Gasteiger partial charge in [0, 0.05) is 11.3 Å². The normalized spacial score (nSPS) is 9.94. The molecule has 1 aromatic rings. The monoisotopic (exact) mass is 249 g/mol. The second-order valence-corrected chi connectivity index (χ2v) is 5.45. The Balaban J connectivity index is 2.94. The second-order valence-electron chi connectivity index (χ2n) is 3.89. The van der Waals surface area contributed by atoms with Gasteiger partial charge in [-0.05, 0) is 29.0 Å². The van der Waals surface area contributed by atoms with E-state index in [2.05, 4.69) is 31.8 Å². The molecule has 0 radical (unpaired) electrons. The van der Waals surface area contributed by atoms with Crippen molar-refractivity contribution in [1.29, 1.82) is 0 Å². The van der Waals surface area contributed by atoms with E-state index in [9.17, 15) is 0 Å². The van der Waals surface area contributed by atoms with Crippen LogP contribution in [0.1, 0.15) is 25.0 Å². The number of rotatable bonds is 4. The summed E-state index contributed by atoms with van der Waals surface area (Å²) in [5.41, 5.74) is 7.66. The summed E-state index contributed by atoms with van der Waals surface area (Å²) in [6.07, 6.45) is 0. The third kappa shape index (κ3) is 4.72. The number of hydrogen-bond acceptors (Lipinski definition) is 3. The van der Waals surface area contributed by atoms with Crippen LogP contribution in [0.15, 0.2) is 18.2 Å². The number of ether oxygens (including phenoxy) is 1. The van der Waals surface area contributed by atoms with Gasteiger partial charge in [0.05, 0.1) is 13.7 Å². The van der Waals surface area contributed by atoms with E-state index in [1.807, 2.05) is 23.9 Å². The third-order valence-corrected chi connectivity index (χ3v) is 3.35. The highest BCUT2D eigenvalue weighted by Crippen LogP contribution is 2.23. The van der Waals surface area contributed by atoms with Gasteiger partial charge >= 0.3 is 0 Å². The van der Waals surface area contributed by atoms with Crippen LogP contribution in [0.25, 0.3) is 0 Å². The molecule has 0 amide bonds. The van der Waals surface area contributed by atoms with Gasteiger partial charge in [0.25, 0.3) is 0 Å². The molecule has 17 heavy (non-hydrogen) atoms. The maximum absolute atomic E-state index is 5.40. The molecular weight excluding hydrogens is 230 g/mol. The minimum absolute atomic E-state index is 0.392. The van der Waals surface area contributed by atoms with Gasteiger partial charge in [-0.2, -0.15) is 11.8 Å². The van der Waals surface area contributed by atoms with Crippen molar-refractivity contribution in [3.63, 3.8) is 0 Å². The van der Waals surface area contributed by atoms with Gasteiger partial charge in [0.15, 0.2) is 0 Å². The van der Waals surface area contributed by atoms with Crippen molar-refractivity contribution in [2.75, 3.05) is 13.7 Å². The van der Waals surface area contributed by atoms with Gasteiger partial charge in [-0.3, -0.25) is 0 Å². The lowest BCUT2D eigenvalue weighted by molar-refractivity contribution is 0.414. The summed E-state index contributed by atoms with van der Waals surface area (Å²) in [5, 5.41) is 0.608. The van der Waals surface area contributed by atoms with Crippen molar-refractivity contribution >= 4 is 11.8 Å². The summed E-state index contributed by atoms with van der Waals surface area (Å²) >= 11 is 1.90. The first-order chi connectivity index (χ1) is 8.17. The van der Waals surface area contributed by atoms with Crippen LogP contribution >= 0.6 is 11.8 Å². The molecule has 0 atom stereocenters. The molecule has 0 aliphatic heterocycles. The van der Waals surface area contributed by atoms with Crippen LogP contribution < -0.4 is 10.5 Å². The van der Waals surface area contributed by atoms with E-state index < -0.39 is 0 Å². The number of benzene rings is 1. The van der Waals surface area contributed by atoms with Gasteiger partial charge in [0.1, 0.15) is 5.75 Å². The molecule has 0 spiro atoms. The van der Waals surface area contributed by atoms with Gasteiger partial charge < -0.3 is 10.5 Å². The van der Waals surface area contributed by atoms with Gasteiger partial charge in [-0.25, -0.2) is 0 Å². The Kier molecular flexibility index (Phi) is 5.96. The summed E-state index contributed by atoms with van der Waals surface area (Å²) in [6, 6.07) is 5.98. The topological polar surface area (TPSA) is 35.2 Å². The molecule has 92 valence electrons. The highest BCUT2D eigenvalue weighted by Gasteiger charge is 2.04. The standard InChI is InChI=1S/C14H19NOS/c1-11(2)17-10-13-9-14(16-3)7-6-12(13)5-4-8-15/h6-7,9,11H,8,10,15H2,1-3H3. The molecule has 0 aliphatic rings. The van der Waals surface area contributed by atoms with E-state index >= 15 is 0 Å². The molecule has 0 heterocycles. The van der Waals surface area contributed by atoms with Gasteiger partial charge in [-0.15, -0.1) is 0 Å². The van der Waals surface area contributed by atoms with E-state index in [4.69, 9.17) is 10.5 Å². The highest BCUT2D eigenvalue weighted by atomic mass is 32.2. The smallest absolute Gasteiger partial charge is 0.119 e. The first kappa shape index (κ1) is 14.0. The van der Waals surface area contributed by atoms with Crippen molar-refractivity contribution < 1.29 is 4.74 Å². The van der Waals surface area contributed by atoms with E-state index in [1.165, 1.54) is 5.56 Å². The summed E-state index contributed by atoms with van der Waals surface area (Å²) in [5.74, 6) is 7.83. The van der Waals surface area contributed by atoms with Crippen LogP contribution in [0.2, 0.25) is 0 Å². The third-order valence-electron chi connectivity index (χ3n) is 2.21. The molecule has 2 nitrogen and oxygen atoms in total. The molecule has 1 rings (SSSR count). The maximum Gasteiger partial charge on any atom is 0.119 e. The van der Waals surface area contributed by atoms with Crippen molar-refractivity contribution in [2.24, 2.45) is 5.73 Å². The molecule has 0 bridgehead atoms. The van der Waals surface area contributed by atoms with Crippen LogP contribution in [-0.2, 0) is 5.75 Å². The van der Waals surface area contributed by atoms with Gasteiger partial charge in [-0.1, -0.05) is 25.7 Å². The average Bonchev–Trinajstić information content (AvgIpc) is 2.34. The number of hydrogen-bond donors (Lipinski definition) is 1. The lowest BCUT2D eigenvalue weighted by Crippen LogP contribution is -1.96. The predicted octanol–water partition coefficient (Wildman–Crippen LogP) is 2.65. The fourth-order valence-corrected chi connectivity index (χ4v) is 2.09. The van der Waals surface area contributed by atoms with E-state index in [-0.39, 0.29) is 0 Å². The predicted molar refractivity (Wildman–Crippen MR) is 75.4 cm³/mol. The molecule has 0 saturated heterocycles. The molecule has 3 heteroatoms. The largest absolute Gasteiger partial charge is 0.497 e. The van der Waals surface area contributed by atoms with Crippen molar-refractivity contribution in [2.45, 2.75) is 24.9 Å².